The lowest BCUT2D eigenvalue weighted by Gasteiger charge is -2.07. The molecule has 0 aliphatic heterocycles. The van der Waals surface area contributed by atoms with Gasteiger partial charge in [-0.1, -0.05) is 36.9 Å². The molecule has 2 heteroatoms. The van der Waals surface area contributed by atoms with Crippen LogP contribution >= 0.6 is 0 Å². The molecule has 0 aromatic heterocycles. The predicted molar refractivity (Wildman–Crippen MR) is 60.9 cm³/mol. The van der Waals surface area contributed by atoms with Gasteiger partial charge in [-0.3, -0.25) is 0 Å². The highest BCUT2D eigenvalue weighted by Gasteiger charge is 2.08. The quantitative estimate of drug-likeness (QED) is 0.711. The van der Waals surface area contributed by atoms with Crippen molar-refractivity contribution in [1.29, 1.82) is 0 Å². The first-order valence-electron chi connectivity index (χ1n) is 4.88. The molecule has 2 aromatic rings. The van der Waals surface area contributed by atoms with Gasteiger partial charge in [-0.15, -0.1) is 0 Å². The topological polar surface area (TPSA) is 0 Å². The minimum atomic E-state index is -0.589. The summed E-state index contributed by atoms with van der Waals surface area (Å²) in [6.45, 7) is 3.82. The summed E-state index contributed by atoms with van der Waals surface area (Å²) in [5.41, 5.74) is 1.71. The largest absolute Gasteiger partial charge is 0.207 e. The number of rotatable bonds is 2. The van der Waals surface area contributed by atoms with Crippen LogP contribution in [0.4, 0.5) is 8.78 Å². The summed E-state index contributed by atoms with van der Waals surface area (Å²) < 4.78 is 26.2. The number of halogens is 2. The average Bonchev–Trinajstić information content (AvgIpc) is 2.29. The summed E-state index contributed by atoms with van der Waals surface area (Å²) in [6, 6.07) is 12.7. The zero-order valence-electron chi connectivity index (χ0n) is 8.58. The van der Waals surface area contributed by atoms with Crippen molar-refractivity contribution in [3.05, 3.63) is 77.9 Å². The Morgan fingerprint density at radius 1 is 0.938 bits per heavy atom. The lowest BCUT2D eigenvalue weighted by atomic mass is 9.99. The SMILES string of the molecule is C=C(c1ccccc1)c1ccc(F)cc1F. The van der Waals surface area contributed by atoms with Gasteiger partial charge in [0, 0.05) is 11.6 Å². The molecule has 0 atom stereocenters. The van der Waals surface area contributed by atoms with Gasteiger partial charge in [-0.25, -0.2) is 8.78 Å². The van der Waals surface area contributed by atoms with Gasteiger partial charge in [0.15, 0.2) is 0 Å². The van der Waals surface area contributed by atoms with Crippen molar-refractivity contribution in [3.63, 3.8) is 0 Å². The summed E-state index contributed by atoms with van der Waals surface area (Å²) in [6.07, 6.45) is 0. The molecule has 0 heterocycles. The molecule has 0 radical (unpaired) electrons. The Labute approximate surface area is 92.9 Å². The maximum atomic E-state index is 13.5. The number of hydrogen-bond acceptors (Lipinski definition) is 0. The van der Waals surface area contributed by atoms with E-state index in [9.17, 15) is 8.78 Å². The van der Waals surface area contributed by atoms with Gasteiger partial charge in [0.1, 0.15) is 11.6 Å². The second-order valence-corrected chi connectivity index (χ2v) is 3.47. The lowest BCUT2D eigenvalue weighted by Crippen LogP contribution is -1.91. The van der Waals surface area contributed by atoms with Crippen LogP contribution in [0.2, 0.25) is 0 Å². The summed E-state index contributed by atoms with van der Waals surface area (Å²) in [5, 5.41) is 0. The van der Waals surface area contributed by atoms with Gasteiger partial charge in [-0.05, 0) is 23.3 Å². The minimum absolute atomic E-state index is 0.326. The molecule has 2 aromatic carbocycles. The fraction of sp³-hybridized carbons (Fsp3) is 0. The van der Waals surface area contributed by atoms with Gasteiger partial charge in [0.25, 0.3) is 0 Å². The van der Waals surface area contributed by atoms with E-state index >= 15 is 0 Å². The van der Waals surface area contributed by atoms with Crippen molar-refractivity contribution in [2.75, 3.05) is 0 Å². The van der Waals surface area contributed by atoms with Gasteiger partial charge in [-0.2, -0.15) is 0 Å². The van der Waals surface area contributed by atoms with Gasteiger partial charge >= 0.3 is 0 Å². The van der Waals surface area contributed by atoms with E-state index in [1.54, 1.807) is 0 Å². The Bertz CT molecular complexity index is 516. The van der Waals surface area contributed by atoms with Crippen LogP contribution < -0.4 is 0 Å². The average molecular weight is 216 g/mol. The van der Waals surface area contributed by atoms with E-state index in [1.165, 1.54) is 12.1 Å². The molecule has 0 bridgehead atoms. The molecule has 2 rings (SSSR count). The standard InChI is InChI=1S/C14H10F2/c1-10(11-5-3-2-4-6-11)13-8-7-12(15)9-14(13)16/h2-9H,1H2. The van der Waals surface area contributed by atoms with Crippen molar-refractivity contribution < 1.29 is 8.78 Å². The van der Waals surface area contributed by atoms with Crippen molar-refractivity contribution in [2.24, 2.45) is 0 Å². The van der Waals surface area contributed by atoms with Crippen LogP contribution in [0.15, 0.2) is 55.1 Å². The first kappa shape index (κ1) is 10.6. The normalized spacial score (nSPS) is 10.1. The first-order valence-corrected chi connectivity index (χ1v) is 4.88. The van der Waals surface area contributed by atoms with E-state index in [1.807, 2.05) is 30.3 Å². The molecule has 0 spiro atoms. The molecule has 0 fully saturated rings. The fourth-order valence-corrected chi connectivity index (χ4v) is 1.53. The highest BCUT2D eigenvalue weighted by molar-refractivity contribution is 5.78. The van der Waals surface area contributed by atoms with Crippen LogP contribution in [0.3, 0.4) is 0 Å². The summed E-state index contributed by atoms with van der Waals surface area (Å²) >= 11 is 0. The maximum Gasteiger partial charge on any atom is 0.133 e. The molecular formula is C14H10F2. The Morgan fingerprint density at radius 3 is 2.25 bits per heavy atom. The smallest absolute Gasteiger partial charge is 0.133 e. The molecular weight excluding hydrogens is 206 g/mol. The second-order valence-electron chi connectivity index (χ2n) is 3.47. The Kier molecular flexibility index (Phi) is 2.82. The minimum Gasteiger partial charge on any atom is -0.207 e. The number of hydrogen-bond donors (Lipinski definition) is 0. The van der Waals surface area contributed by atoms with E-state index in [0.29, 0.717) is 11.1 Å². The number of benzene rings is 2. The van der Waals surface area contributed by atoms with Crippen LogP contribution in [-0.4, -0.2) is 0 Å². The summed E-state index contributed by atoms with van der Waals surface area (Å²) in [4.78, 5) is 0. The summed E-state index contributed by atoms with van der Waals surface area (Å²) in [7, 11) is 0. The van der Waals surface area contributed by atoms with Gasteiger partial charge in [0.05, 0.1) is 0 Å². The Balaban J connectivity index is 2.42. The molecule has 0 aliphatic rings. The monoisotopic (exact) mass is 216 g/mol. The molecule has 0 aliphatic carbocycles. The van der Waals surface area contributed by atoms with Crippen molar-refractivity contribution in [2.45, 2.75) is 0 Å². The van der Waals surface area contributed by atoms with Gasteiger partial charge < -0.3 is 0 Å². The molecule has 0 unspecified atom stereocenters. The van der Waals surface area contributed by atoms with E-state index in [-0.39, 0.29) is 0 Å². The molecule has 0 saturated heterocycles. The highest BCUT2D eigenvalue weighted by atomic mass is 19.1. The van der Waals surface area contributed by atoms with Crippen LogP contribution in [-0.2, 0) is 0 Å². The zero-order chi connectivity index (χ0) is 11.5. The van der Waals surface area contributed by atoms with Crippen molar-refractivity contribution >= 4 is 5.57 Å². The third kappa shape index (κ3) is 2.01. The van der Waals surface area contributed by atoms with Crippen LogP contribution in [0.25, 0.3) is 5.57 Å². The van der Waals surface area contributed by atoms with E-state index in [0.717, 1.165) is 11.6 Å². The third-order valence-corrected chi connectivity index (χ3v) is 2.38. The molecule has 80 valence electrons. The first-order chi connectivity index (χ1) is 7.68. The van der Waals surface area contributed by atoms with E-state index in [4.69, 9.17) is 0 Å². The molecule has 0 nitrogen and oxygen atoms in total. The molecule has 0 N–H and O–H groups in total. The third-order valence-electron chi connectivity index (χ3n) is 2.38. The Morgan fingerprint density at radius 2 is 1.62 bits per heavy atom. The lowest BCUT2D eigenvalue weighted by molar-refractivity contribution is 0.581. The fourth-order valence-electron chi connectivity index (χ4n) is 1.53. The molecule has 16 heavy (non-hydrogen) atoms. The van der Waals surface area contributed by atoms with Crippen LogP contribution in [0.5, 0.6) is 0 Å². The van der Waals surface area contributed by atoms with Gasteiger partial charge in [0.2, 0.25) is 0 Å². The Hall–Kier alpha value is -1.96. The summed E-state index contributed by atoms with van der Waals surface area (Å²) in [5.74, 6) is -1.17. The molecule has 0 amide bonds. The van der Waals surface area contributed by atoms with Crippen molar-refractivity contribution in [1.82, 2.24) is 0 Å². The van der Waals surface area contributed by atoms with E-state index < -0.39 is 11.6 Å². The zero-order valence-corrected chi connectivity index (χ0v) is 8.58. The predicted octanol–water partition coefficient (Wildman–Crippen LogP) is 4.03. The molecule has 0 saturated carbocycles. The maximum absolute atomic E-state index is 13.5. The van der Waals surface area contributed by atoms with Crippen LogP contribution in [0, 0.1) is 11.6 Å². The van der Waals surface area contributed by atoms with Crippen LogP contribution in [0.1, 0.15) is 11.1 Å². The van der Waals surface area contributed by atoms with Crippen molar-refractivity contribution in [3.8, 4) is 0 Å². The highest BCUT2D eigenvalue weighted by Crippen LogP contribution is 2.24. The van der Waals surface area contributed by atoms with E-state index in [2.05, 4.69) is 6.58 Å². The second kappa shape index (κ2) is 4.27.